The minimum atomic E-state index is -0.364. The number of nitriles is 1. The molecule has 1 aromatic carbocycles. The third-order valence-electron chi connectivity index (χ3n) is 2.52. The van der Waals surface area contributed by atoms with Gasteiger partial charge in [-0.1, -0.05) is 29.3 Å². The maximum Gasteiger partial charge on any atom is 0.108 e. The largest absolute Gasteiger partial charge is 0.378 e. The number of nitrogens with zero attached hydrogens (tertiary/aromatic N) is 1. The second-order valence-electron chi connectivity index (χ2n) is 3.81. The van der Waals surface area contributed by atoms with Crippen LogP contribution in [0.15, 0.2) is 18.2 Å². The number of rotatable bonds is 2. The standard InChI is InChI=1S/C11H9Cl2NO/c12-9-2-1-8(3-10(9)13)4-11(5-14)6-15-7-11/h1-3H,4,6-7H2. The van der Waals surface area contributed by atoms with Crippen LogP contribution < -0.4 is 0 Å². The van der Waals surface area contributed by atoms with Crippen LogP contribution in [0.3, 0.4) is 0 Å². The normalized spacial score (nSPS) is 17.9. The first kappa shape index (κ1) is 10.8. The minimum absolute atomic E-state index is 0.364. The zero-order chi connectivity index (χ0) is 10.9. The molecular formula is C11H9Cl2NO. The Balaban J connectivity index is 2.18. The van der Waals surface area contributed by atoms with Crippen LogP contribution in [-0.2, 0) is 11.2 Å². The fourth-order valence-corrected chi connectivity index (χ4v) is 1.92. The topological polar surface area (TPSA) is 33.0 Å². The summed E-state index contributed by atoms with van der Waals surface area (Å²) in [6, 6.07) is 7.75. The van der Waals surface area contributed by atoms with Gasteiger partial charge in [0.25, 0.3) is 0 Å². The second kappa shape index (κ2) is 4.02. The summed E-state index contributed by atoms with van der Waals surface area (Å²) in [6.07, 6.45) is 0.667. The van der Waals surface area contributed by atoms with Gasteiger partial charge in [-0.2, -0.15) is 5.26 Å². The van der Waals surface area contributed by atoms with E-state index < -0.39 is 0 Å². The molecule has 1 aliphatic rings. The molecule has 0 spiro atoms. The average Bonchev–Trinajstić information content (AvgIpc) is 2.17. The van der Waals surface area contributed by atoms with Gasteiger partial charge in [0.2, 0.25) is 0 Å². The van der Waals surface area contributed by atoms with Gasteiger partial charge in [-0.05, 0) is 24.1 Å². The number of hydrogen-bond acceptors (Lipinski definition) is 2. The van der Waals surface area contributed by atoms with Crippen molar-refractivity contribution in [1.82, 2.24) is 0 Å². The Bertz CT molecular complexity index is 421. The summed E-state index contributed by atoms with van der Waals surface area (Å²) < 4.78 is 5.07. The number of hydrogen-bond donors (Lipinski definition) is 0. The van der Waals surface area contributed by atoms with E-state index in [0.717, 1.165) is 5.56 Å². The molecule has 0 aliphatic carbocycles. The summed E-state index contributed by atoms with van der Waals surface area (Å²) in [4.78, 5) is 0. The summed E-state index contributed by atoms with van der Waals surface area (Å²) in [7, 11) is 0. The van der Waals surface area contributed by atoms with E-state index in [1.807, 2.05) is 6.07 Å². The molecule has 0 radical (unpaired) electrons. The van der Waals surface area contributed by atoms with Crippen LogP contribution >= 0.6 is 23.2 Å². The maximum atomic E-state index is 9.03. The first-order chi connectivity index (χ1) is 7.15. The number of ether oxygens (including phenoxy) is 1. The molecule has 0 aromatic heterocycles. The van der Waals surface area contributed by atoms with Gasteiger partial charge in [0.1, 0.15) is 5.41 Å². The molecule has 1 saturated heterocycles. The van der Waals surface area contributed by atoms with E-state index in [9.17, 15) is 0 Å². The third kappa shape index (κ3) is 2.10. The van der Waals surface area contributed by atoms with Crippen molar-refractivity contribution in [2.24, 2.45) is 5.41 Å². The second-order valence-corrected chi connectivity index (χ2v) is 4.62. The Morgan fingerprint density at radius 3 is 2.53 bits per heavy atom. The highest BCUT2D eigenvalue weighted by atomic mass is 35.5. The average molecular weight is 242 g/mol. The monoisotopic (exact) mass is 241 g/mol. The molecule has 1 heterocycles. The highest BCUT2D eigenvalue weighted by Crippen LogP contribution is 2.32. The van der Waals surface area contributed by atoms with E-state index in [1.165, 1.54) is 0 Å². The van der Waals surface area contributed by atoms with Crippen molar-refractivity contribution in [3.05, 3.63) is 33.8 Å². The summed E-state index contributed by atoms with van der Waals surface area (Å²) in [6.45, 7) is 1.01. The maximum absolute atomic E-state index is 9.03. The smallest absolute Gasteiger partial charge is 0.108 e. The van der Waals surface area contributed by atoms with Gasteiger partial charge in [0.15, 0.2) is 0 Å². The highest BCUT2D eigenvalue weighted by molar-refractivity contribution is 6.42. The molecule has 15 heavy (non-hydrogen) atoms. The first-order valence-electron chi connectivity index (χ1n) is 4.58. The van der Waals surface area contributed by atoms with Gasteiger partial charge < -0.3 is 4.74 Å². The molecule has 1 aromatic rings. The van der Waals surface area contributed by atoms with E-state index in [2.05, 4.69) is 6.07 Å². The lowest BCUT2D eigenvalue weighted by Crippen LogP contribution is -2.43. The summed E-state index contributed by atoms with van der Waals surface area (Å²) in [5, 5.41) is 10.1. The van der Waals surface area contributed by atoms with Gasteiger partial charge in [-0.25, -0.2) is 0 Å². The van der Waals surface area contributed by atoms with E-state index in [0.29, 0.717) is 29.7 Å². The molecule has 0 unspecified atom stereocenters. The minimum Gasteiger partial charge on any atom is -0.378 e. The van der Waals surface area contributed by atoms with E-state index in [-0.39, 0.29) is 5.41 Å². The zero-order valence-electron chi connectivity index (χ0n) is 7.96. The van der Waals surface area contributed by atoms with Crippen molar-refractivity contribution in [2.75, 3.05) is 13.2 Å². The molecule has 2 nitrogen and oxygen atoms in total. The predicted molar refractivity (Wildman–Crippen MR) is 59.0 cm³/mol. The fraction of sp³-hybridized carbons (Fsp3) is 0.364. The van der Waals surface area contributed by atoms with Crippen LogP contribution in [-0.4, -0.2) is 13.2 Å². The van der Waals surface area contributed by atoms with Crippen LogP contribution in [0.5, 0.6) is 0 Å². The Kier molecular flexibility index (Phi) is 2.88. The Morgan fingerprint density at radius 2 is 2.07 bits per heavy atom. The van der Waals surface area contributed by atoms with Gasteiger partial charge in [0.05, 0.1) is 29.3 Å². The summed E-state index contributed by atoms with van der Waals surface area (Å²) in [5.74, 6) is 0. The van der Waals surface area contributed by atoms with Gasteiger partial charge in [0, 0.05) is 0 Å². The van der Waals surface area contributed by atoms with Crippen molar-refractivity contribution in [2.45, 2.75) is 6.42 Å². The molecule has 0 amide bonds. The fourth-order valence-electron chi connectivity index (χ4n) is 1.59. The molecule has 0 bridgehead atoms. The lowest BCUT2D eigenvalue weighted by Gasteiger charge is -2.35. The SMILES string of the molecule is N#CC1(Cc2ccc(Cl)c(Cl)c2)COC1. The van der Waals surface area contributed by atoms with Crippen LogP contribution in [0, 0.1) is 16.7 Å². The predicted octanol–water partition coefficient (Wildman–Crippen LogP) is 3.08. The van der Waals surface area contributed by atoms with Crippen molar-refractivity contribution < 1.29 is 4.74 Å². The lowest BCUT2D eigenvalue weighted by atomic mass is 9.81. The Morgan fingerprint density at radius 1 is 1.33 bits per heavy atom. The third-order valence-corrected chi connectivity index (χ3v) is 3.26. The highest BCUT2D eigenvalue weighted by Gasteiger charge is 2.38. The van der Waals surface area contributed by atoms with Crippen LogP contribution in [0.2, 0.25) is 10.0 Å². The molecule has 0 atom stereocenters. The van der Waals surface area contributed by atoms with Crippen LogP contribution in [0.4, 0.5) is 0 Å². The number of benzene rings is 1. The molecule has 0 saturated carbocycles. The van der Waals surface area contributed by atoms with Crippen LogP contribution in [0.25, 0.3) is 0 Å². The van der Waals surface area contributed by atoms with E-state index in [1.54, 1.807) is 12.1 Å². The van der Waals surface area contributed by atoms with Gasteiger partial charge in [-0.15, -0.1) is 0 Å². The first-order valence-corrected chi connectivity index (χ1v) is 5.34. The van der Waals surface area contributed by atoms with Crippen LogP contribution in [0.1, 0.15) is 5.56 Å². The van der Waals surface area contributed by atoms with Crippen molar-refractivity contribution in [3.8, 4) is 6.07 Å². The summed E-state index contributed by atoms with van der Waals surface area (Å²) in [5.41, 5.74) is 0.659. The molecule has 1 fully saturated rings. The zero-order valence-corrected chi connectivity index (χ0v) is 9.48. The van der Waals surface area contributed by atoms with Gasteiger partial charge in [-0.3, -0.25) is 0 Å². The van der Waals surface area contributed by atoms with E-state index in [4.69, 9.17) is 33.2 Å². The quantitative estimate of drug-likeness (QED) is 0.798. The van der Waals surface area contributed by atoms with Crippen molar-refractivity contribution in [3.63, 3.8) is 0 Å². The lowest BCUT2D eigenvalue weighted by molar-refractivity contribution is -0.0765. The number of halogens is 2. The Hall–Kier alpha value is -0.750. The van der Waals surface area contributed by atoms with Crippen molar-refractivity contribution in [1.29, 1.82) is 5.26 Å². The molecule has 4 heteroatoms. The van der Waals surface area contributed by atoms with Gasteiger partial charge >= 0.3 is 0 Å². The summed E-state index contributed by atoms with van der Waals surface area (Å²) >= 11 is 11.7. The Labute approximate surface area is 98.4 Å². The molecule has 0 N–H and O–H groups in total. The van der Waals surface area contributed by atoms with E-state index >= 15 is 0 Å². The molecular weight excluding hydrogens is 233 g/mol. The van der Waals surface area contributed by atoms with Crippen molar-refractivity contribution >= 4 is 23.2 Å². The molecule has 78 valence electrons. The molecule has 2 rings (SSSR count). The molecule has 1 aliphatic heterocycles.